The molecule has 0 bridgehead atoms. The standard InChI is InChI=1S/C20H26N2O4/c1-3-15-7-5-6-10-21(15)19(24)12-22-16-11-14(17(23)4-2)8-9-18(16)26-13-20(22)25/h8-9,11,15H,3-7,10,12-13H2,1-2H3. The number of amides is 2. The summed E-state index contributed by atoms with van der Waals surface area (Å²) in [5.41, 5.74) is 1.05. The van der Waals surface area contributed by atoms with E-state index < -0.39 is 0 Å². The molecule has 26 heavy (non-hydrogen) atoms. The summed E-state index contributed by atoms with van der Waals surface area (Å²) in [4.78, 5) is 40.7. The molecule has 1 atom stereocenters. The molecule has 0 saturated carbocycles. The zero-order valence-corrected chi connectivity index (χ0v) is 15.5. The van der Waals surface area contributed by atoms with Gasteiger partial charge in [-0.2, -0.15) is 0 Å². The van der Waals surface area contributed by atoms with Gasteiger partial charge in [-0.15, -0.1) is 0 Å². The van der Waals surface area contributed by atoms with Gasteiger partial charge in [0.05, 0.1) is 5.69 Å². The van der Waals surface area contributed by atoms with E-state index in [4.69, 9.17) is 4.74 Å². The predicted molar refractivity (Wildman–Crippen MR) is 98.6 cm³/mol. The molecule has 140 valence electrons. The summed E-state index contributed by atoms with van der Waals surface area (Å²) in [5, 5.41) is 0. The molecule has 6 heteroatoms. The van der Waals surface area contributed by atoms with Crippen molar-refractivity contribution in [2.24, 2.45) is 0 Å². The number of ether oxygens (including phenoxy) is 1. The van der Waals surface area contributed by atoms with Crippen LogP contribution >= 0.6 is 0 Å². The number of carbonyl (C=O) groups excluding carboxylic acids is 3. The van der Waals surface area contributed by atoms with Crippen LogP contribution in [0.5, 0.6) is 5.75 Å². The largest absolute Gasteiger partial charge is 0.482 e. The first kappa shape index (κ1) is 18.4. The molecule has 2 heterocycles. The maximum absolute atomic E-state index is 12.9. The molecule has 1 unspecified atom stereocenters. The van der Waals surface area contributed by atoms with Crippen LogP contribution in [-0.4, -0.2) is 48.2 Å². The molecule has 1 aromatic rings. The summed E-state index contributed by atoms with van der Waals surface area (Å²) in [6.45, 7) is 4.55. The Morgan fingerprint density at radius 2 is 2.04 bits per heavy atom. The van der Waals surface area contributed by atoms with Gasteiger partial charge in [-0.25, -0.2) is 0 Å². The van der Waals surface area contributed by atoms with Crippen molar-refractivity contribution in [1.29, 1.82) is 0 Å². The normalized spacial score (nSPS) is 19.8. The fourth-order valence-corrected chi connectivity index (χ4v) is 3.73. The zero-order valence-electron chi connectivity index (χ0n) is 15.5. The highest BCUT2D eigenvalue weighted by molar-refractivity contribution is 6.04. The van der Waals surface area contributed by atoms with E-state index >= 15 is 0 Å². The lowest BCUT2D eigenvalue weighted by Crippen LogP contribution is -2.50. The Morgan fingerprint density at radius 3 is 2.77 bits per heavy atom. The van der Waals surface area contributed by atoms with Crippen molar-refractivity contribution in [3.63, 3.8) is 0 Å². The third-order valence-electron chi connectivity index (χ3n) is 5.26. The topological polar surface area (TPSA) is 66.9 Å². The van der Waals surface area contributed by atoms with Crippen molar-refractivity contribution in [1.82, 2.24) is 4.90 Å². The number of carbonyl (C=O) groups is 3. The Labute approximate surface area is 154 Å². The van der Waals surface area contributed by atoms with E-state index in [1.165, 1.54) is 4.90 Å². The molecular formula is C20H26N2O4. The van der Waals surface area contributed by atoms with Crippen molar-refractivity contribution < 1.29 is 19.1 Å². The van der Waals surface area contributed by atoms with Crippen LogP contribution in [0.1, 0.15) is 56.3 Å². The van der Waals surface area contributed by atoms with E-state index in [2.05, 4.69) is 6.92 Å². The number of nitrogens with zero attached hydrogens (tertiary/aromatic N) is 2. The fraction of sp³-hybridized carbons (Fsp3) is 0.550. The fourth-order valence-electron chi connectivity index (χ4n) is 3.73. The van der Waals surface area contributed by atoms with Gasteiger partial charge < -0.3 is 9.64 Å². The molecule has 1 aromatic carbocycles. The van der Waals surface area contributed by atoms with Crippen molar-refractivity contribution in [3.05, 3.63) is 23.8 Å². The molecule has 0 radical (unpaired) electrons. The predicted octanol–water partition coefficient (Wildman–Crippen LogP) is 2.80. The average molecular weight is 358 g/mol. The van der Waals surface area contributed by atoms with Crippen LogP contribution in [0, 0.1) is 0 Å². The zero-order chi connectivity index (χ0) is 18.7. The number of likely N-dealkylation sites (tertiary alicyclic amines) is 1. The number of hydrogen-bond donors (Lipinski definition) is 0. The first-order valence-corrected chi connectivity index (χ1v) is 9.45. The van der Waals surface area contributed by atoms with E-state index in [1.807, 2.05) is 4.90 Å². The lowest BCUT2D eigenvalue weighted by Gasteiger charge is -2.37. The number of ketones is 1. The number of piperidine rings is 1. The number of benzene rings is 1. The van der Waals surface area contributed by atoms with E-state index in [0.717, 1.165) is 32.2 Å². The molecule has 0 spiro atoms. The van der Waals surface area contributed by atoms with E-state index in [1.54, 1.807) is 25.1 Å². The van der Waals surface area contributed by atoms with Crippen LogP contribution in [0.4, 0.5) is 5.69 Å². The number of Topliss-reactive ketones (excluding diaryl/α,β-unsaturated/α-hetero) is 1. The second kappa shape index (κ2) is 7.89. The number of anilines is 1. The van der Waals surface area contributed by atoms with Crippen molar-refractivity contribution >= 4 is 23.3 Å². The minimum Gasteiger partial charge on any atom is -0.482 e. The van der Waals surface area contributed by atoms with Gasteiger partial charge in [-0.05, 0) is 43.9 Å². The van der Waals surface area contributed by atoms with Gasteiger partial charge in [-0.3, -0.25) is 19.3 Å². The Balaban J connectivity index is 1.84. The Morgan fingerprint density at radius 1 is 1.23 bits per heavy atom. The highest BCUT2D eigenvalue weighted by atomic mass is 16.5. The minimum absolute atomic E-state index is 0.000762. The number of hydrogen-bond acceptors (Lipinski definition) is 4. The summed E-state index contributed by atoms with van der Waals surface area (Å²) in [7, 11) is 0. The van der Waals surface area contributed by atoms with Gasteiger partial charge in [0, 0.05) is 24.6 Å². The van der Waals surface area contributed by atoms with Gasteiger partial charge in [0.25, 0.3) is 5.91 Å². The van der Waals surface area contributed by atoms with Crippen LogP contribution in [0.25, 0.3) is 0 Å². The van der Waals surface area contributed by atoms with Crippen LogP contribution < -0.4 is 9.64 Å². The molecule has 2 aliphatic heterocycles. The SMILES string of the molecule is CCC(=O)c1ccc2c(c1)N(CC(=O)N1CCCCC1CC)C(=O)CO2. The molecule has 0 aliphatic carbocycles. The summed E-state index contributed by atoms with van der Waals surface area (Å²) >= 11 is 0. The Hall–Kier alpha value is -2.37. The maximum atomic E-state index is 12.9. The summed E-state index contributed by atoms with van der Waals surface area (Å²) in [6.07, 6.45) is 4.48. The number of fused-ring (bicyclic) bond motifs is 1. The molecule has 1 fully saturated rings. The highest BCUT2D eigenvalue weighted by Gasteiger charge is 2.32. The van der Waals surface area contributed by atoms with Crippen LogP contribution in [0.2, 0.25) is 0 Å². The van der Waals surface area contributed by atoms with Crippen molar-refractivity contribution in [3.8, 4) is 5.75 Å². The highest BCUT2D eigenvalue weighted by Crippen LogP contribution is 2.33. The molecular weight excluding hydrogens is 332 g/mol. The van der Waals surface area contributed by atoms with Gasteiger partial charge in [0.2, 0.25) is 5.91 Å². The molecule has 0 N–H and O–H groups in total. The summed E-state index contributed by atoms with van der Waals surface area (Å²) in [5.74, 6) is 0.247. The monoisotopic (exact) mass is 358 g/mol. The van der Waals surface area contributed by atoms with Crippen molar-refractivity contribution in [2.75, 3.05) is 24.6 Å². The third-order valence-corrected chi connectivity index (χ3v) is 5.26. The molecule has 6 nitrogen and oxygen atoms in total. The lowest BCUT2D eigenvalue weighted by atomic mass is 10.00. The lowest BCUT2D eigenvalue weighted by molar-refractivity contribution is -0.135. The third kappa shape index (κ3) is 3.59. The van der Waals surface area contributed by atoms with Crippen LogP contribution in [0.15, 0.2) is 18.2 Å². The second-order valence-corrected chi connectivity index (χ2v) is 6.87. The van der Waals surface area contributed by atoms with E-state index in [9.17, 15) is 14.4 Å². The van der Waals surface area contributed by atoms with E-state index in [0.29, 0.717) is 23.4 Å². The first-order valence-electron chi connectivity index (χ1n) is 9.45. The van der Waals surface area contributed by atoms with Crippen LogP contribution in [0.3, 0.4) is 0 Å². The smallest absolute Gasteiger partial charge is 0.265 e. The van der Waals surface area contributed by atoms with Crippen molar-refractivity contribution in [2.45, 2.75) is 52.0 Å². The van der Waals surface area contributed by atoms with Gasteiger partial charge in [0.15, 0.2) is 12.4 Å². The van der Waals surface area contributed by atoms with E-state index in [-0.39, 0.29) is 36.8 Å². The quantitative estimate of drug-likeness (QED) is 0.759. The minimum atomic E-state index is -0.253. The molecule has 2 amide bonds. The van der Waals surface area contributed by atoms with Gasteiger partial charge >= 0.3 is 0 Å². The summed E-state index contributed by atoms with van der Waals surface area (Å²) < 4.78 is 5.48. The molecule has 1 saturated heterocycles. The first-order chi connectivity index (χ1) is 12.5. The molecule has 0 aromatic heterocycles. The maximum Gasteiger partial charge on any atom is 0.265 e. The van der Waals surface area contributed by atoms with Crippen LogP contribution in [-0.2, 0) is 9.59 Å². The van der Waals surface area contributed by atoms with Gasteiger partial charge in [-0.1, -0.05) is 13.8 Å². The molecule has 2 aliphatic rings. The summed E-state index contributed by atoms with van der Waals surface area (Å²) in [6, 6.07) is 5.33. The second-order valence-electron chi connectivity index (χ2n) is 6.87. The van der Waals surface area contributed by atoms with Gasteiger partial charge in [0.1, 0.15) is 12.3 Å². The Kier molecular flexibility index (Phi) is 5.59. The average Bonchev–Trinajstić information content (AvgIpc) is 2.68. The molecule has 3 rings (SSSR count). The Bertz CT molecular complexity index is 716. The number of rotatable bonds is 5.